The van der Waals surface area contributed by atoms with Crippen molar-refractivity contribution in [3.63, 3.8) is 0 Å². The van der Waals surface area contributed by atoms with Gasteiger partial charge >= 0.3 is 0 Å². The zero-order valence-corrected chi connectivity index (χ0v) is 13.0. The average Bonchev–Trinajstić information content (AvgIpc) is 2.49. The van der Waals surface area contributed by atoms with E-state index in [1.54, 1.807) is 0 Å². The average molecular weight is 276 g/mol. The molecule has 0 radical (unpaired) electrons. The third-order valence-corrected chi connectivity index (χ3v) is 3.57. The number of carbonyl (C=O) groups excluding carboxylic acids is 1. The number of hydrogen-bond acceptors (Lipinski definition) is 2. The van der Waals surface area contributed by atoms with Gasteiger partial charge in [0.1, 0.15) is 0 Å². The van der Waals surface area contributed by atoms with E-state index in [-0.39, 0.29) is 11.9 Å². The van der Waals surface area contributed by atoms with Crippen LogP contribution < -0.4 is 10.6 Å². The van der Waals surface area contributed by atoms with Crippen molar-refractivity contribution in [2.24, 2.45) is 0 Å². The van der Waals surface area contributed by atoms with Gasteiger partial charge in [-0.05, 0) is 30.9 Å². The lowest BCUT2D eigenvalue weighted by molar-refractivity contribution is -0.122. The Labute approximate surface area is 123 Å². The summed E-state index contributed by atoms with van der Waals surface area (Å²) in [5.74, 6) is 0.0927. The molecule has 0 spiro atoms. The van der Waals surface area contributed by atoms with Gasteiger partial charge in [0, 0.05) is 13.1 Å². The van der Waals surface area contributed by atoms with Crippen molar-refractivity contribution in [1.29, 1.82) is 0 Å². The van der Waals surface area contributed by atoms with Crippen LogP contribution in [0.5, 0.6) is 0 Å². The lowest BCUT2D eigenvalue weighted by Gasteiger charge is -2.15. The Morgan fingerprint density at radius 1 is 1.15 bits per heavy atom. The number of benzene rings is 1. The molecule has 1 aromatic rings. The lowest BCUT2D eigenvalue weighted by Crippen LogP contribution is -2.42. The van der Waals surface area contributed by atoms with Crippen LogP contribution in [0.25, 0.3) is 0 Å². The summed E-state index contributed by atoms with van der Waals surface area (Å²) in [5, 5.41) is 6.28. The van der Waals surface area contributed by atoms with E-state index >= 15 is 0 Å². The molecule has 0 aromatic heterocycles. The molecule has 0 aliphatic carbocycles. The van der Waals surface area contributed by atoms with Gasteiger partial charge in [0.05, 0.1) is 6.04 Å². The van der Waals surface area contributed by atoms with Crippen LogP contribution in [-0.2, 0) is 17.8 Å². The van der Waals surface area contributed by atoms with Crippen LogP contribution in [0.15, 0.2) is 24.3 Å². The van der Waals surface area contributed by atoms with Crippen molar-refractivity contribution in [3.8, 4) is 0 Å². The quantitative estimate of drug-likeness (QED) is 0.681. The van der Waals surface area contributed by atoms with E-state index in [2.05, 4.69) is 42.7 Å². The Bertz CT molecular complexity index is 404. The molecule has 1 atom stereocenters. The molecule has 1 aromatic carbocycles. The third kappa shape index (κ3) is 5.74. The van der Waals surface area contributed by atoms with Crippen molar-refractivity contribution < 1.29 is 4.79 Å². The fraction of sp³-hybridized carbons (Fsp3) is 0.588. The summed E-state index contributed by atoms with van der Waals surface area (Å²) in [4.78, 5) is 11.9. The van der Waals surface area contributed by atoms with Crippen molar-refractivity contribution in [3.05, 3.63) is 35.4 Å². The molecule has 0 aliphatic heterocycles. The number of aryl methyl sites for hydroxylation is 1. The normalized spacial score (nSPS) is 12.2. The van der Waals surface area contributed by atoms with E-state index in [1.165, 1.54) is 24.0 Å². The molecule has 0 heterocycles. The Morgan fingerprint density at radius 3 is 2.50 bits per heavy atom. The van der Waals surface area contributed by atoms with Crippen LogP contribution in [0.1, 0.15) is 51.2 Å². The predicted octanol–water partition coefficient (Wildman–Crippen LogP) is 3.03. The minimum Gasteiger partial charge on any atom is -0.355 e. The maximum absolute atomic E-state index is 11.9. The minimum absolute atomic E-state index is 0.0927. The summed E-state index contributed by atoms with van der Waals surface area (Å²) in [7, 11) is 0. The van der Waals surface area contributed by atoms with E-state index in [1.807, 2.05) is 13.0 Å². The van der Waals surface area contributed by atoms with Gasteiger partial charge in [-0.15, -0.1) is 0 Å². The SMILES string of the molecule is CCCCCNC(=O)C(C)NCc1ccccc1CC. The smallest absolute Gasteiger partial charge is 0.236 e. The summed E-state index contributed by atoms with van der Waals surface area (Å²) >= 11 is 0. The monoisotopic (exact) mass is 276 g/mol. The molecule has 3 nitrogen and oxygen atoms in total. The van der Waals surface area contributed by atoms with Crippen molar-refractivity contribution in [1.82, 2.24) is 10.6 Å². The summed E-state index contributed by atoms with van der Waals surface area (Å²) in [6, 6.07) is 8.23. The van der Waals surface area contributed by atoms with Gasteiger partial charge in [0.15, 0.2) is 0 Å². The highest BCUT2D eigenvalue weighted by Crippen LogP contribution is 2.09. The number of carbonyl (C=O) groups is 1. The molecule has 2 N–H and O–H groups in total. The van der Waals surface area contributed by atoms with Gasteiger partial charge in [-0.1, -0.05) is 51.0 Å². The number of hydrogen-bond donors (Lipinski definition) is 2. The first-order valence-corrected chi connectivity index (χ1v) is 7.76. The van der Waals surface area contributed by atoms with E-state index in [9.17, 15) is 4.79 Å². The molecule has 3 heteroatoms. The second-order valence-electron chi connectivity index (χ2n) is 5.22. The molecule has 0 bridgehead atoms. The first-order valence-electron chi connectivity index (χ1n) is 7.76. The zero-order valence-electron chi connectivity index (χ0n) is 13.0. The molecule has 0 aliphatic rings. The molecule has 112 valence electrons. The maximum atomic E-state index is 11.9. The molecule has 0 saturated carbocycles. The number of amides is 1. The Kier molecular flexibility index (Phi) is 7.97. The molecule has 1 unspecified atom stereocenters. The Morgan fingerprint density at radius 2 is 1.85 bits per heavy atom. The van der Waals surface area contributed by atoms with Crippen LogP contribution in [0.2, 0.25) is 0 Å². The van der Waals surface area contributed by atoms with Gasteiger partial charge < -0.3 is 10.6 Å². The topological polar surface area (TPSA) is 41.1 Å². The van der Waals surface area contributed by atoms with Gasteiger partial charge in [-0.2, -0.15) is 0 Å². The van der Waals surface area contributed by atoms with Crippen molar-refractivity contribution in [2.45, 2.75) is 59.0 Å². The molecule has 0 fully saturated rings. The van der Waals surface area contributed by atoms with Crippen LogP contribution in [0.4, 0.5) is 0 Å². The van der Waals surface area contributed by atoms with Crippen LogP contribution in [0, 0.1) is 0 Å². The fourth-order valence-corrected chi connectivity index (χ4v) is 2.17. The zero-order chi connectivity index (χ0) is 14.8. The summed E-state index contributed by atoms with van der Waals surface area (Å²) in [6.07, 6.45) is 4.44. The molecule has 1 rings (SSSR count). The summed E-state index contributed by atoms with van der Waals surface area (Å²) in [5.41, 5.74) is 2.62. The highest BCUT2D eigenvalue weighted by atomic mass is 16.2. The highest BCUT2D eigenvalue weighted by Gasteiger charge is 2.11. The lowest BCUT2D eigenvalue weighted by atomic mass is 10.1. The van der Waals surface area contributed by atoms with Gasteiger partial charge in [-0.25, -0.2) is 0 Å². The van der Waals surface area contributed by atoms with Gasteiger partial charge in [-0.3, -0.25) is 4.79 Å². The summed E-state index contributed by atoms with van der Waals surface area (Å²) < 4.78 is 0. The van der Waals surface area contributed by atoms with E-state index in [4.69, 9.17) is 0 Å². The van der Waals surface area contributed by atoms with Gasteiger partial charge in [0.2, 0.25) is 5.91 Å². The van der Waals surface area contributed by atoms with Crippen LogP contribution >= 0.6 is 0 Å². The molecule has 1 amide bonds. The molecular formula is C17H28N2O. The highest BCUT2D eigenvalue weighted by molar-refractivity contribution is 5.81. The maximum Gasteiger partial charge on any atom is 0.236 e. The first kappa shape index (κ1) is 16.7. The molecule has 0 saturated heterocycles. The first-order chi connectivity index (χ1) is 9.69. The van der Waals surface area contributed by atoms with E-state index in [0.29, 0.717) is 0 Å². The van der Waals surface area contributed by atoms with Crippen molar-refractivity contribution >= 4 is 5.91 Å². The minimum atomic E-state index is -0.151. The van der Waals surface area contributed by atoms with Crippen molar-refractivity contribution in [2.75, 3.05) is 6.54 Å². The number of unbranched alkanes of at least 4 members (excludes halogenated alkanes) is 2. The standard InChI is InChI=1S/C17H28N2O/c1-4-6-9-12-18-17(20)14(3)19-13-16-11-8-7-10-15(16)5-2/h7-8,10-11,14,19H,4-6,9,12-13H2,1-3H3,(H,18,20). The fourth-order valence-electron chi connectivity index (χ4n) is 2.17. The largest absolute Gasteiger partial charge is 0.355 e. The second kappa shape index (κ2) is 9.54. The molecule has 20 heavy (non-hydrogen) atoms. The Balaban J connectivity index is 2.34. The predicted molar refractivity (Wildman–Crippen MR) is 84.7 cm³/mol. The summed E-state index contributed by atoms with van der Waals surface area (Å²) in [6.45, 7) is 7.77. The number of nitrogens with one attached hydrogen (secondary N) is 2. The van der Waals surface area contributed by atoms with E-state index < -0.39 is 0 Å². The second-order valence-corrected chi connectivity index (χ2v) is 5.22. The Hall–Kier alpha value is -1.35. The molecular weight excluding hydrogens is 248 g/mol. The number of rotatable bonds is 9. The van der Waals surface area contributed by atoms with Crippen LogP contribution in [0.3, 0.4) is 0 Å². The van der Waals surface area contributed by atoms with Crippen LogP contribution in [-0.4, -0.2) is 18.5 Å². The van der Waals surface area contributed by atoms with E-state index in [0.717, 1.165) is 25.9 Å². The third-order valence-electron chi connectivity index (χ3n) is 3.57. The van der Waals surface area contributed by atoms with Gasteiger partial charge in [0.25, 0.3) is 0 Å².